The lowest BCUT2D eigenvalue weighted by atomic mass is 10.2. The molecule has 23 heavy (non-hydrogen) atoms. The molecule has 2 aromatic heterocycles. The Hall–Kier alpha value is -1.99. The second-order valence-electron chi connectivity index (χ2n) is 6.20. The number of likely N-dealkylation sites (N-methyl/N-ethyl adjacent to an activating group) is 1. The van der Waals surface area contributed by atoms with Crippen LogP contribution in [0.4, 0.5) is 5.82 Å². The van der Waals surface area contributed by atoms with Crippen molar-refractivity contribution in [3.63, 3.8) is 0 Å². The molecule has 3 rings (SSSR count). The Balaban J connectivity index is 1.65. The molecule has 7 nitrogen and oxygen atoms in total. The molecule has 2 aromatic rings. The van der Waals surface area contributed by atoms with E-state index in [9.17, 15) is 0 Å². The second kappa shape index (κ2) is 7.06. The van der Waals surface area contributed by atoms with E-state index in [1.807, 2.05) is 19.1 Å². The molecule has 0 aromatic carbocycles. The highest BCUT2D eigenvalue weighted by atomic mass is 16.5. The summed E-state index contributed by atoms with van der Waals surface area (Å²) < 4.78 is 5.28. The van der Waals surface area contributed by atoms with Gasteiger partial charge in [0.1, 0.15) is 5.82 Å². The van der Waals surface area contributed by atoms with E-state index in [-0.39, 0.29) is 6.04 Å². The number of nitrogens with zero attached hydrogens (tertiary/aromatic N) is 5. The van der Waals surface area contributed by atoms with Gasteiger partial charge in [-0.05, 0) is 33.0 Å². The molecule has 1 aliphatic heterocycles. The first-order valence-electron chi connectivity index (χ1n) is 8.05. The first-order valence-corrected chi connectivity index (χ1v) is 8.05. The minimum Gasteiger partial charge on any atom is -0.366 e. The molecule has 0 spiro atoms. The maximum Gasteiger partial charge on any atom is 0.261 e. The average molecular weight is 316 g/mol. The Morgan fingerprint density at radius 1 is 1.30 bits per heavy atom. The summed E-state index contributed by atoms with van der Waals surface area (Å²) in [6, 6.07) is 4.12. The maximum absolute atomic E-state index is 5.28. The van der Waals surface area contributed by atoms with Crippen molar-refractivity contribution in [1.82, 2.24) is 24.9 Å². The number of piperazine rings is 1. The standard InChI is InChI=1S/C16H24N6O/c1-12(11-22-9-7-21(3)8-10-22)18-15-14(5-4-6-17-15)16-19-13(2)20-23-16/h4-6,12H,7-11H2,1-3H3,(H,17,18). The quantitative estimate of drug-likeness (QED) is 0.896. The molecule has 124 valence electrons. The van der Waals surface area contributed by atoms with Crippen LogP contribution in [0.2, 0.25) is 0 Å². The zero-order valence-corrected chi connectivity index (χ0v) is 14.0. The van der Waals surface area contributed by atoms with Crippen molar-refractivity contribution in [1.29, 1.82) is 0 Å². The van der Waals surface area contributed by atoms with E-state index in [0.29, 0.717) is 11.7 Å². The van der Waals surface area contributed by atoms with Crippen LogP contribution in [-0.2, 0) is 0 Å². The number of aromatic nitrogens is 3. The van der Waals surface area contributed by atoms with Crippen LogP contribution >= 0.6 is 0 Å². The first-order chi connectivity index (χ1) is 11.1. The number of anilines is 1. The molecule has 0 saturated carbocycles. The van der Waals surface area contributed by atoms with Gasteiger partial charge in [0.05, 0.1) is 5.56 Å². The fourth-order valence-corrected chi connectivity index (χ4v) is 2.80. The Kier molecular flexibility index (Phi) is 4.88. The van der Waals surface area contributed by atoms with Gasteiger partial charge in [-0.15, -0.1) is 0 Å². The zero-order chi connectivity index (χ0) is 16.2. The molecule has 1 unspecified atom stereocenters. The summed E-state index contributed by atoms with van der Waals surface area (Å²) in [7, 11) is 2.17. The van der Waals surface area contributed by atoms with Crippen LogP contribution in [0.25, 0.3) is 11.5 Å². The maximum atomic E-state index is 5.28. The lowest BCUT2D eigenvalue weighted by Gasteiger charge is -2.34. The van der Waals surface area contributed by atoms with E-state index in [2.05, 4.69) is 44.2 Å². The predicted molar refractivity (Wildman–Crippen MR) is 89.3 cm³/mol. The van der Waals surface area contributed by atoms with E-state index in [0.717, 1.165) is 44.1 Å². The molecule has 7 heteroatoms. The van der Waals surface area contributed by atoms with E-state index in [1.54, 1.807) is 6.20 Å². The summed E-state index contributed by atoms with van der Waals surface area (Å²) in [4.78, 5) is 13.6. The highest BCUT2D eigenvalue weighted by molar-refractivity contribution is 5.68. The topological polar surface area (TPSA) is 70.3 Å². The lowest BCUT2D eigenvalue weighted by molar-refractivity contribution is 0.151. The molecule has 0 radical (unpaired) electrons. The summed E-state index contributed by atoms with van der Waals surface area (Å²) in [5.74, 6) is 1.92. The van der Waals surface area contributed by atoms with Crippen LogP contribution in [0.1, 0.15) is 12.7 Å². The van der Waals surface area contributed by atoms with Gasteiger partial charge in [0.25, 0.3) is 5.89 Å². The number of rotatable bonds is 5. The molecule has 0 bridgehead atoms. The van der Waals surface area contributed by atoms with Gasteiger partial charge < -0.3 is 14.7 Å². The zero-order valence-electron chi connectivity index (χ0n) is 14.0. The van der Waals surface area contributed by atoms with Crippen LogP contribution in [0.3, 0.4) is 0 Å². The summed E-state index contributed by atoms with van der Waals surface area (Å²) in [5.41, 5.74) is 0.846. The Labute approximate surface area is 136 Å². The van der Waals surface area contributed by atoms with Gasteiger partial charge in [0, 0.05) is 45.0 Å². The van der Waals surface area contributed by atoms with Gasteiger partial charge in [-0.3, -0.25) is 4.90 Å². The second-order valence-corrected chi connectivity index (χ2v) is 6.20. The van der Waals surface area contributed by atoms with Gasteiger partial charge >= 0.3 is 0 Å². The Morgan fingerprint density at radius 3 is 2.78 bits per heavy atom. The number of nitrogens with one attached hydrogen (secondary N) is 1. The Bertz CT molecular complexity index is 635. The van der Waals surface area contributed by atoms with Crippen molar-refractivity contribution in [3.8, 4) is 11.5 Å². The van der Waals surface area contributed by atoms with E-state index >= 15 is 0 Å². The highest BCUT2D eigenvalue weighted by Gasteiger charge is 2.18. The first kappa shape index (κ1) is 15.9. The normalized spacial score (nSPS) is 18.0. The van der Waals surface area contributed by atoms with Gasteiger partial charge in [-0.25, -0.2) is 4.98 Å². The molecule has 0 amide bonds. The molecule has 1 fully saturated rings. The van der Waals surface area contributed by atoms with Crippen LogP contribution < -0.4 is 5.32 Å². The van der Waals surface area contributed by atoms with Crippen LogP contribution in [0.15, 0.2) is 22.9 Å². The van der Waals surface area contributed by atoms with Gasteiger partial charge in [0.15, 0.2) is 5.82 Å². The van der Waals surface area contributed by atoms with Crippen LogP contribution in [0.5, 0.6) is 0 Å². The fourth-order valence-electron chi connectivity index (χ4n) is 2.80. The number of hydrogen-bond donors (Lipinski definition) is 1. The van der Waals surface area contributed by atoms with Crippen LogP contribution in [0, 0.1) is 6.92 Å². The molecule has 3 heterocycles. The third-order valence-corrected chi connectivity index (χ3v) is 4.08. The average Bonchev–Trinajstić information content (AvgIpc) is 2.96. The van der Waals surface area contributed by atoms with Gasteiger partial charge in [0.2, 0.25) is 0 Å². The largest absolute Gasteiger partial charge is 0.366 e. The third-order valence-electron chi connectivity index (χ3n) is 4.08. The summed E-state index contributed by atoms with van der Waals surface area (Å²) in [5, 5.41) is 7.34. The smallest absolute Gasteiger partial charge is 0.261 e. The Morgan fingerprint density at radius 2 is 2.09 bits per heavy atom. The van der Waals surface area contributed by atoms with Crippen molar-refractivity contribution in [3.05, 3.63) is 24.2 Å². The molecule has 0 aliphatic carbocycles. The van der Waals surface area contributed by atoms with E-state index in [1.165, 1.54) is 0 Å². The van der Waals surface area contributed by atoms with Crippen molar-refractivity contribution in [2.75, 3.05) is 45.1 Å². The fraction of sp³-hybridized carbons (Fsp3) is 0.562. The summed E-state index contributed by atoms with van der Waals surface area (Å²) >= 11 is 0. The highest BCUT2D eigenvalue weighted by Crippen LogP contribution is 2.24. The third kappa shape index (κ3) is 4.05. The van der Waals surface area contributed by atoms with Crippen LogP contribution in [-0.4, -0.2) is 70.7 Å². The van der Waals surface area contributed by atoms with Crippen molar-refractivity contribution in [2.24, 2.45) is 0 Å². The van der Waals surface area contributed by atoms with Gasteiger partial charge in [-0.2, -0.15) is 4.98 Å². The van der Waals surface area contributed by atoms with Crippen molar-refractivity contribution >= 4 is 5.82 Å². The summed E-state index contributed by atoms with van der Waals surface area (Å²) in [6.07, 6.45) is 1.78. The van der Waals surface area contributed by atoms with E-state index < -0.39 is 0 Å². The molecule has 1 atom stereocenters. The molecule has 1 saturated heterocycles. The molecular formula is C16H24N6O. The number of hydrogen-bond acceptors (Lipinski definition) is 7. The number of pyridine rings is 1. The number of aryl methyl sites for hydroxylation is 1. The minimum atomic E-state index is 0.288. The van der Waals surface area contributed by atoms with Crippen molar-refractivity contribution in [2.45, 2.75) is 19.9 Å². The van der Waals surface area contributed by atoms with Crippen molar-refractivity contribution < 1.29 is 4.52 Å². The molecular weight excluding hydrogens is 292 g/mol. The monoisotopic (exact) mass is 316 g/mol. The minimum absolute atomic E-state index is 0.288. The van der Waals surface area contributed by atoms with E-state index in [4.69, 9.17) is 4.52 Å². The molecule has 1 aliphatic rings. The summed E-state index contributed by atoms with van der Waals surface area (Å²) in [6.45, 7) is 9.46. The molecule has 1 N–H and O–H groups in total. The van der Waals surface area contributed by atoms with Gasteiger partial charge in [-0.1, -0.05) is 5.16 Å². The predicted octanol–water partition coefficient (Wildman–Crippen LogP) is 1.49. The lowest BCUT2D eigenvalue weighted by Crippen LogP contribution is -2.47. The SMILES string of the molecule is Cc1noc(-c2cccnc2NC(C)CN2CCN(C)CC2)n1.